The van der Waals surface area contributed by atoms with E-state index in [0.29, 0.717) is 33.0 Å². The first-order valence-electron chi connectivity index (χ1n) is 7.48. The van der Waals surface area contributed by atoms with Crippen LogP contribution >= 0.6 is 0 Å². The summed E-state index contributed by atoms with van der Waals surface area (Å²) >= 11 is 0. The fourth-order valence-corrected chi connectivity index (χ4v) is 1.53. The van der Waals surface area contributed by atoms with E-state index in [1.165, 1.54) is 0 Å². The number of hydrogen-bond donors (Lipinski definition) is 1. The van der Waals surface area contributed by atoms with Gasteiger partial charge in [0.2, 0.25) is 0 Å². The van der Waals surface area contributed by atoms with Crippen LogP contribution in [0.5, 0.6) is 0 Å². The van der Waals surface area contributed by atoms with Gasteiger partial charge in [0.25, 0.3) is 0 Å². The summed E-state index contributed by atoms with van der Waals surface area (Å²) in [5.74, 6) is 0. The summed E-state index contributed by atoms with van der Waals surface area (Å²) in [7, 11) is 1.61. The Morgan fingerprint density at radius 1 is 0.680 bits per heavy atom. The van der Waals surface area contributed by atoms with Crippen molar-refractivity contribution in [1.82, 2.24) is 0 Å². The van der Waals surface area contributed by atoms with Crippen molar-refractivity contribution in [1.29, 1.82) is 0 Å². The molecule has 0 heterocycles. The molecule has 11 heteroatoms. The van der Waals surface area contributed by atoms with Crippen molar-refractivity contribution >= 4 is 0 Å². The Kier molecular flexibility index (Phi) is 38.3. The molecule has 0 aromatic heterocycles. The van der Waals surface area contributed by atoms with Gasteiger partial charge in [-0.3, -0.25) is 0 Å². The molecule has 0 atom stereocenters. The molecule has 0 aliphatic rings. The Hall–Kier alpha value is 2.99. The zero-order valence-electron chi connectivity index (χ0n) is 15.6. The molecule has 8 nitrogen and oxygen atoms in total. The molecular formula is C14H30O8Y3. The maximum atomic E-state index is 8.85. The molecule has 1 N–H and O–H groups in total. The van der Waals surface area contributed by atoms with Crippen LogP contribution < -0.4 is 0 Å². The van der Waals surface area contributed by atoms with E-state index < -0.39 is 5.41 Å². The van der Waals surface area contributed by atoms with E-state index in [4.69, 9.17) is 38.9 Å². The molecule has 0 fully saturated rings. The Bertz CT molecular complexity index is 214. The fraction of sp³-hybridized carbons (Fsp3) is 1.00. The van der Waals surface area contributed by atoms with Gasteiger partial charge in [0, 0.05) is 105 Å². The van der Waals surface area contributed by atoms with Gasteiger partial charge in [-0.15, -0.1) is 0 Å². The largest absolute Gasteiger partial charge is 0.394 e. The third-order valence-corrected chi connectivity index (χ3v) is 2.62. The van der Waals surface area contributed by atoms with Gasteiger partial charge in [-0.25, -0.2) is 19.6 Å². The molecule has 0 aliphatic carbocycles. The van der Waals surface area contributed by atoms with Crippen LogP contribution in [0.1, 0.15) is 13.8 Å². The smallest absolute Gasteiger partial charge is 0.0946 e. The number of ether oxygens (including phenoxy) is 3. The van der Waals surface area contributed by atoms with Gasteiger partial charge < -0.3 is 19.3 Å². The Balaban J connectivity index is -0.000000735. The predicted molar refractivity (Wildman–Crippen MR) is 78.2 cm³/mol. The maximum absolute atomic E-state index is 8.85. The maximum Gasteiger partial charge on any atom is 0.0946 e. The zero-order chi connectivity index (χ0) is 16.5. The van der Waals surface area contributed by atoms with Gasteiger partial charge in [-0.1, -0.05) is 0 Å². The SMILES string of the molecule is CCOOCC(COCCO)(COCCOC)COOCC.[Y].[Y].[Y]. The number of hydrogen-bond acceptors (Lipinski definition) is 8. The quantitative estimate of drug-likeness (QED) is 0.149. The van der Waals surface area contributed by atoms with Crippen LogP contribution in [0.15, 0.2) is 0 Å². The van der Waals surface area contributed by atoms with Crippen LogP contribution in [0, 0.1) is 5.41 Å². The Labute approximate surface area is 226 Å². The third kappa shape index (κ3) is 21.5. The molecule has 0 aromatic carbocycles. The Morgan fingerprint density at radius 2 is 1.16 bits per heavy atom. The predicted octanol–water partition coefficient (Wildman–Crippen LogP) is 0.573. The van der Waals surface area contributed by atoms with Crippen molar-refractivity contribution in [2.75, 3.05) is 73.2 Å². The van der Waals surface area contributed by atoms with Crippen LogP contribution in [-0.2, 0) is 132 Å². The van der Waals surface area contributed by atoms with E-state index in [1.807, 2.05) is 13.8 Å². The second-order valence-electron chi connectivity index (χ2n) is 4.66. The van der Waals surface area contributed by atoms with Crippen LogP contribution in [0.2, 0.25) is 0 Å². The molecule has 0 aliphatic heterocycles. The summed E-state index contributed by atoms with van der Waals surface area (Å²) in [4.78, 5) is 20.2. The van der Waals surface area contributed by atoms with Gasteiger partial charge >= 0.3 is 0 Å². The van der Waals surface area contributed by atoms with E-state index >= 15 is 0 Å². The molecule has 0 amide bonds. The molecule has 0 unspecified atom stereocenters. The second-order valence-corrected chi connectivity index (χ2v) is 4.66. The molecule has 25 heavy (non-hydrogen) atoms. The molecular weight excluding hydrogens is 563 g/mol. The summed E-state index contributed by atoms with van der Waals surface area (Å²) in [6.07, 6.45) is 0. The molecule has 0 saturated carbocycles. The molecule has 143 valence electrons. The minimum Gasteiger partial charge on any atom is -0.394 e. The van der Waals surface area contributed by atoms with E-state index in [9.17, 15) is 0 Å². The van der Waals surface area contributed by atoms with Crippen LogP contribution in [0.25, 0.3) is 0 Å². The van der Waals surface area contributed by atoms with Gasteiger partial charge in [0.15, 0.2) is 0 Å². The van der Waals surface area contributed by atoms with Crippen LogP contribution in [-0.4, -0.2) is 78.3 Å². The van der Waals surface area contributed by atoms with E-state index in [-0.39, 0.29) is 131 Å². The molecule has 0 bridgehead atoms. The summed E-state index contributed by atoms with van der Waals surface area (Å²) in [5.41, 5.74) is -0.604. The number of aliphatic hydroxyl groups excluding tert-OH is 1. The van der Waals surface area contributed by atoms with Gasteiger partial charge in [-0.2, -0.15) is 0 Å². The van der Waals surface area contributed by atoms with Crippen molar-refractivity contribution < 1.29 is 137 Å². The summed E-state index contributed by atoms with van der Waals surface area (Å²) in [6.45, 7) is 6.66. The van der Waals surface area contributed by atoms with Crippen molar-refractivity contribution in [3.8, 4) is 0 Å². The number of methoxy groups -OCH3 is 1. The summed E-state index contributed by atoms with van der Waals surface area (Å²) in [5, 5.41) is 8.85. The fourth-order valence-electron chi connectivity index (χ4n) is 1.53. The second kappa shape index (κ2) is 27.0. The van der Waals surface area contributed by atoms with E-state index in [2.05, 4.69) is 0 Å². The topological polar surface area (TPSA) is 84.8 Å². The molecule has 0 rings (SSSR count). The minimum absolute atomic E-state index is 0. The van der Waals surface area contributed by atoms with Crippen molar-refractivity contribution in [2.24, 2.45) is 5.41 Å². The number of aliphatic hydroxyl groups is 1. The van der Waals surface area contributed by atoms with Crippen molar-refractivity contribution in [3.63, 3.8) is 0 Å². The Morgan fingerprint density at radius 3 is 1.56 bits per heavy atom. The molecule has 0 aromatic rings. The first-order valence-corrected chi connectivity index (χ1v) is 7.48. The van der Waals surface area contributed by atoms with E-state index in [1.54, 1.807) is 7.11 Å². The standard InChI is InChI=1S/C14H30O8.3Y/c1-4-19-21-12-14(10-17-7-6-15,13-22-20-5-2)11-18-9-8-16-3;;;/h15H,4-13H2,1-3H3;;;. The van der Waals surface area contributed by atoms with Gasteiger partial charge in [-0.05, 0) is 13.8 Å². The number of rotatable bonds is 17. The molecule has 0 saturated heterocycles. The van der Waals surface area contributed by atoms with Crippen LogP contribution in [0.4, 0.5) is 0 Å². The third-order valence-electron chi connectivity index (χ3n) is 2.62. The summed E-state index contributed by atoms with van der Waals surface area (Å²) in [6, 6.07) is 0. The monoisotopic (exact) mass is 593 g/mol. The van der Waals surface area contributed by atoms with Crippen molar-refractivity contribution in [3.05, 3.63) is 0 Å². The van der Waals surface area contributed by atoms with Gasteiger partial charge in [0.05, 0.1) is 71.5 Å². The zero-order valence-corrected chi connectivity index (χ0v) is 24.1. The normalized spacial score (nSPS) is 10.6. The van der Waals surface area contributed by atoms with Gasteiger partial charge in [0.1, 0.15) is 0 Å². The van der Waals surface area contributed by atoms with Crippen LogP contribution in [0.3, 0.4) is 0 Å². The minimum atomic E-state index is -0.604. The molecule has 3 radical (unpaired) electrons. The van der Waals surface area contributed by atoms with Crippen molar-refractivity contribution in [2.45, 2.75) is 13.8 Å². The average molecular weight is 593 g/mol. The first-order chi connectivity index (χ1) is 10.7. The van der Waals surface area contributed by atoms with E-state index in [0.717, 1.165) is 0 Å². The molecule has 0 spiro atoms. The first kappa shape index (κ1) is 35.4. The summed E-state index contributed by atoms with van der Waals surface area (Å²) < 4.78 is 16.0. The average Bonchev–Trinajstić information content (AvgIpc) is 2.52.